The summed E-state index contributed by atoms with van der Waals surface area (Å²) >= 11 is 4.69. The fraction of sp³-hybridized carbons (Fsp3) is 0.150. The first-order valence-corrected chi connectivity index (χ1v) is 9.88. The van der Waals surface area contributed by atoms with Crippen molar-refractivity contribution in [1.82, 2.24) is 5.32 Å². The molecule has 27 heavy (non-hydrogen) atoms. The van der Waals surface area contributed by atoms with Crippen molar-refractivity contribution in [3.05, 3.63) is 63.0 Å². The number of benzene rings is 2. The molecule has 1 amide bonds. The van der Waals surface area contributed by atoms with Crippen molar-refractivity contribution in [2.45, 2.75) is 13.3 Å². The molecule has 7 heteroatoms. The van der Waals surface area contributed by atoms with Gasteiger partial charge in [0.15, 0.2) is 11.8 Å². The number of ether oxygens (including phenoxy) is 1. The van der Waals surface area contributed by atoms with Crippen LogP contribution in [0.4, 0.5) is 5.69 Å². The molecule has 0 aliphatic carbocycles. The summed E-state index contributed by atoms with van der Waals surface area (Å²) in [5.41, 5.74) is 2.74. The van der Waals surface area contributed by atoms with E-state index in [1.54, 1.807) is 12.1 Å². The van der Waals surface area contributed by atoms with Crippen LogP contribution in [-0.2, 0) is 11.2 Å². The molecule has 0 bridgehead atoms. The van der Waals surface area contributed by atoms with E-state index in [1.807, 2.05) is 42.5 Å². The van der Waals surface area contributed by atoms with Crippen LogP contribution in [0.2, 0.25) is 0 Å². The first kappa shape index (κ1) is 19.2. The minimum absolute atomic E-state index is 0.0579. The summed E-state index contributed by atoms with van der Waals surface area (Å²) in [5, 5.41) is 12.0. The molecule has 0 saturated carbocycles. The maximum Gasteiger partial charge on any atom is 0.264 e. The number of rotatable bonds is 5. The summed E-state index contributed by atoms with van der Waals surface area (Å²) in [5.74, 6) is 0.330. The van der Waals surface area contributed by atoms with E-state index < -0.39 is 0 Å². The van der Waals surface area contributed by atoms with Crippen molar-refractivity contribution in [3.63, 3.8) is 0 Å². The fourth-order valence-electron chi connectivity index (χ4n) is 2.42. The average Bonchev–Trinajstić information content (AvgIpc) is 3.00. The van der Waals surface area contributed by atoms with E-state index in [9.17, 15) is 4.79 Å². The number of aryl methyl sites for hydroxylation is 1. The predicted molar refractivity (Wildman–Crippen MR) is 112 cm³/mol. The second-order valence-corrected chi connectivity index (χ2v) is 7.58. The summed E-state index contributed by atoms with van der Waals surface area (Å²) in [6.45, 7) is 2.04. The number of carbonyl (C=O) groups is 1. The van der Waals surface area contributed by atoms with Crippen LogP contribution < -0.4 is 10.1 Å². The highest BCUT2D eigenvalue weighted by molar-refractivity contribution is 9.10. The topological polar surface area (TPSA) is 74.5 Å². The number of aliphatic imine (C=N–C) groups is 1. The zero-order valence-electron chi connectivity index (χ0n) is 14.5. The Morgan fingerprint density at radius 1 is 1.30 bits per heavy atom. The van der Waals surface area contributed by atoms with E-state index in [0.717, 1.165) is 16.6 Å². The lowest BCUT2D eigenvalue weighted by Gasteiger charge is -2.07. The lowest BCUT2D eigenvalue weighted by molar-refractivity contribution is -0.115. The Morgan fingerprint density at radius 3 is 2.78 bits per heavy atom. The minimum Gasteiger partial charge on any atom is -0.478 e. The summed E-state index contributed by atoms with van der Waals surface area (Å²) in [6, 6.07) is 15.3. The third-order valence-electron chi connectivity index (χ3n) is 3.78. The van der Waals surface area contributed by atoms with Crippen molar-refractivity contribution >= 4 is 50.5 Å². The molecule has 1 aliphatic rings. The Kier molecular flexibility index (Phi) is 6.32. The van der Waals surface area contributed by atoms with Gasteiger partial charge in [-0.2, -0.15) is 5.26 Å². The van der Waals surface area contributed by atoms with Gasteiger partial charge in [-0.15, -0.1) is 0 Å². The molecule has 2 aromatic carbocycles. The summed E-state index contributed by atoms with van der Waals surface area (Å²) in [4.78, 5) is 17.3. The molecule has 1 N–H and O–H groups in total. The number of hydrogen-bond donors (Lipinski definition) is 1. The van der Waals surface area contributed by atoms with Gasteiger partial charge in [0.25, 0.3) is 5.91 Å². The summed E-state index contributed by atoms with van der Waals surface area (Å²) in [6.07, 6.45) is 2.71. The molecule has 3 rings (SSSR count). The molecule has 1 aliphatic heterocycles. The Hall–Kier alpha value is -2.56. The number of amides is 1. The van der Waals surface area contributed by atoms with Crippen LogP contribution in [0.1, 0.15) is 18.1 Å². The van der Waals surface area contributed by atoms with Crippen LogP contribution in [-0.4, -0.2) is 17.7 Å². The number of carbonyl (C=O) groups excluding carboxylic acids is 1. The van der Waals surface area contributed by atoms with Crippen LogP contribution in [0.3, 0.4) is 0 Å². The minimum atomic E-state index is -0.213. The van der Waals surface area contributed by atoms with Crippen molar-refractivity contribution in [3.8, 4) is 11.8 Å². The highest BCUT2D eigenvalue weighted by Gasteiger charge is 2.24. The van der Waals surface area contributed by atoms with E-state index in [-0.39, 0.29) is 12.5 Å². The zero-order valence-corrected chi connectivity index (χ0v) is 16.9. The van der Waals surface area contributed by atoms with Crippen molar-refractivity contribution in [1.29, 1.82) is 5.26 Å². The Balaban J connectivity index is 1.84. The first-order chi connectivity index (χ1) is 13.1. The average molecular weight is 442 g/mol. The molecule has 1 saturated heterocycles. The highest BCUT2D eigenvalue weighted by atomic mass is 79.9. The van der Waals surface area contributed by atoms with Crippen LogP contribution in [0.15, 0.2) is 56.8 Å². The second kappa shape index (κ2) is 8.89. The number of nitrogens with zero attached hydrogens (tertiary/aromatic N) is 2. The molecule has 5 nitrogen and oxygen atoms in total. The molecule has 0 atom stereocenters. The quantitative estimate of drug-likeness (QED) is 0.675. The van der Waals surface area contributed by atoms with Gasteiger partial charge in [-0.1, -0.05) is 35.0 Å². The van der Waals surface area contributed by atoms with Crippen LogP contribution in [0.5, 0.6) is 5.75 Å². The van der Waals surface area contributed by atoms with E-state index in [4.69, 9.17) is 10.00 Å². The number of halogens is 1. The molecular formula is C20H16BrN3O2S. The normalized spacial score (nSPS) is 16.4. The maximum absolute atomic E-state index is 12.3. The number of amidine groups is 1. The van der Waals surface area contributed by atoms with Gasteiger partial charge in [0.05, 0.1) is 10.6 Å². The van der Waals surface area contributed by atoms with Crippen molar-refractivity contribution < 1.29 is 9.53 Å². The van der Waals surface area contributed by atoms with Crippen LogP contribution in [0.25, 0.3) is 6.08 Å². The Morgan fingerprint density at radius 2 is 2.07 bits per heavy atom. The Labute approximate surface area is 170 Å². The monoisotopic (exact) mass is 441 g/mol. The van der Waals surface area contributed by atoms with Crippen LogP contribution >= 0.6 is 27.7 Å². The fourth-order valence-corrected chi connectivity index (χ4v) is 3.63. The number of hydrogen-bond acceptors (Lipinski definition) is 5. The maximum atomic E-state index is 12.3. The van der Waals surface area contributed by atoms with E-state index in [0.29, 0.717) is 21.4 Å². The molecule has 0 unspecified atom stereocenters. The molecule has 0 aromatic heterocycles. The predicted octanol–water partition coefficient (Wildman–Crippen LogP) is 4.81. The first-order valence-electron chi connectivity index (χ1n) is 8.27. The molecular weight excluding hydrogens is 426 g/mol. The zero-order chi connectivity index (χ0) is 19.2. The lowest BCUT2D eigenvalue weighted by atomic mass is 10.2. The molecule has 2 aromatic rings. The van der Waals surface area contributed by atoms with E-state index in [1.165, 1.54) is 17.3 Å². The Bertz CT molecular complexity index is 962. The van der Waals surface area contributed by atoms with Crippen molar-refractivity contribution in [2.24, 2.45) is 4.99 Å². The number of thioether (sulfide) groups is 1. The van der Waals surface area contributed by atoms with Gasteiger partial charge in [0, 0.05) is 10.0 Å². The van der Waals surface area contributed by atoms with Gasteiger partial charge in [0.1, 0.15) is 11.8 Å². The molecule has 1 heterocycles. The number of nitriles is 1. The summed E-state index contributed by atoms with van der Waals surface area (Å²) in [7, 11) is 0. The van der Waals surface area contributed by atoms with Crippen molar-refractivity contribution in [2.75, 3.05) is 6.61 Å². The molecule has 1 fully saturated rings. The second-order valence-electron chi connectivity index (χ2n) is 5.63. The lowest BCUT2D eigenvalue weighted by Crippen LogP contribution is -2.19. The molecule has 0 spiro atoms. The van der Waals surface area contributed by atoms with Gasteiger partial charge in [-0.3, -0.25) is 4.79 Å². The third kappa shape index (κ3) is 5.00. The largest absolute Gasteiger partial charge is 0.478 e. The van der Waals surface area contributed by atoms with Gasteiger partial charge >= 0.3 is 0 Å². The SMILES string of the molecule is CCc1ccc(N=C2NC(=O)C(=Cc3cc(Br)ccc3OCC#N)S2)cc1. The van der Waals surface area contributed by atoms with E-state index in [2.05, 4.69) is 33.2 Å². The van der Waals surface area contributed by atoms with Gasteiger partial charge in [0.2, 0.25) is 0 Å². The smallest absolute Gasteiger partial charge is 0.264 e. The van der Waals surface area contributed by atoms with Gasteiger partial charge in [-0.25, -0.2) is 4.99 Å². The third-order valence-corrected chi connectivity index (χ3v) is 5.18. The highest BCUT2D eigenvalue weighted by Crippen LogP contribution is 2.32. The molecule has 0 radical (unpaired) electrons. The number of nitrogens with one attached hydrogen (secondary N) is 1. The van der Waals surface area contributed by atoms with Crippen LogP contribution in [0, 0.1) is 11.3 Å². The van der Waals surface area contributed by atoms with E-state index >= 15 is 0 Å². The standard InChI is InChI=1S/C20H16BrN3O2S/c1-2-13-3-6-16(7-4-13)23-20-24-19(25)18(27-20)12-14-11-15(21)5-8-17(14)26-10-9-22/h3-8,11-12H,2,10H2,1H3,(H,23,24,25). The summed E-state index contributed by atoms with van der Waals surface area (Å²) < 4.78 is 6.29. The van der Waals surface area contributed by atoms with Gasteiger partial charge in [-0.05, 0) is 60.2 Å². The van der Waals surface area contributed by atoms with Gasteiger partial charge < -0.3 is 10.1 Å². The molecule has 136 valence electrons.